The molecule has 0 amide bonds. The number of hydrogen-bond acceptors (Lipinski definition) is 4. The number of nitrogens with zero attached hydrogens (tertiary/aromatic N) is 2. The van der Waals surface area contributed by atoms with Gasteiger partial charge in [-0.2, -0.15) is 0 Å². The molecule has 1 saturated carbocycles. The fourth-order valence-electron chi connectivity index (χ4n) is 2.55. The van der Waals surface area contributed by atoms with Crippen LogP contribution in [0.25, 0.3) is 0 Å². The summed E-state index contributed by atoms with van der Waals surface area (Å²) in [5.41, 5.74) is 1.26. The van der Waals surface area contributed by atoms with Crippen LogP contribution in [0.4, 0.5) is 0 Å². The van der Waals surface area contributed by atoms with E-state index in [9.17, 15) is 0 Å². The summed E-state index contributed by atoms with van der Waals surface area (Å²) in [4.78, 5) is 8.39. The molecule has 0 bridgehead atoms. The van der Waals surface area contributed by atoms with Gasteiger partial charge in [0, 0.05) is 18.3 Å². The van der Waals surface area contributed by atoms with Gasteiger partial charge in [-0.05, 0) is 42.0 Å². The molecule has 1 aliphatic carbocycles. The van der Waals surface area contributed by atoms with E-state index >= 15 is 0 Å². The molecule has 0 saturated heterocycles. The van der Waals surface area contributed by atoms with Crippen LogP contribution in [-0.2, 0) is 0 Å². The van der Waals surface area contributed by atoms with Crippen molar-refractivity contribution in [3.8, 4) is 11.5 Å². The predicted octanol–water partition coefficient (Wildman–Crippen LogP) is 4.08. The Bertz CT molecular complexity index is 618. The molecule has 4 heteroatoms. The van der Waals surface area contributed by atoms with E-state index in [0.717, 1.165) is 37.6 Å². The lowest BCUT2D eigenvalue weighted by molar-refractivity contribution is 0.255. The quantitative estimate of drug-likeness (QED) is 0.736. The van der Waals surface area contributed by atoms with Crippen molar-refractivity contribution in [1.29, 1.82) is 0 Å². The van der Waals surface area contributed by atoms with Crippen LogP contribution in [0.3, 0.4) is 0 Å². The zero-order chi connectivity index (χ0) is 16.1. The second kappa shape index (κ2) is 7.44. The molecule has 4 nitrogen and oxygen atoms in total. The monoisotopic (exact) mass is 312 g/mol. The minimum atomic E-state index is 0.534. The van der Waals surface area contributed by atoms with Crippen molar-refractivity contribution in [1.82, 2.24) is 9.97 Å². The second-order valence-corrected chi connectivity index (χ2v) is 6.38. The zero-order valence-electron chi connectivity index (χ0n) is 13.8. The largest absolute Gasteiger partial charge is 0.492 e. The van der Waals surface area contributed by atoms with Gasteiger partial charge < -0.3 is 9.47 Å². The molecule has 3 unspecified atom stereocenters. The summed E-state index contributed by atoms with van der Waals surface area (Å²) in [6.45, 7) is 5.86. The Labute approximate surface area is 137 Å². The summed E-state index contributed by atoms with van der Waals surface area (Å²) in [6, 6.07) is 5.96. The molecule has 0 radical (unpaired) electrons. The van der Waals surface area contributed by atoms with Gasteiger partial charge in [-0.3, -0.25) is 9.97 Å². The Kier molecular flexibility index (Phi) is 5.11. The summed E-state index contributed by atoms with van der Waals surface area (Å²) in [5.74, 6) is 3.37. The van der Waals surface area contributed by atoms with Gasteiger partial charge in [0.1, 0.15) is 11.5 Å². The van der Waals surface area contributed by atoms with Gasteiger partial charge in [-0.25, -0.2) is 0 Å². The maximum absolute atomic E-state index is 5.84. The molecule has 2 heterocycles. The van der Waals surface area contributed by atoms with Gasteiger partial charge in [0.05, 0.1) is 25.6 Å². The number of rotatable bonds is 8. The smallest absolute Gasteiger partial charge is 0.137 e. The molecule has 23 heavy (non-hydrogen) atoms. The molecule has 1 fully saturated rings. The van der Waals surface area contributed by atoms with E-state index in [1.54, 1.807) is 18.6 Å². The van der Waals surface area contributed by atoms with Crippen molar-refractivity contribution in [2.75, 3.05) is 13.2 Å². The molecule has 1 aliphatic rings. The summed E-state index contributed by atoms with van der Waals surface area (Å²) in [6.07, 6.45) is 9.53. The topological polar surface area (TPSA) is 44.2 Å². The van der Waals surface area contributed by atoms with E-state index in [4.69, 9.17) is 9.47 Å². The van der Waals surface area contributed by atoms with E-state index in [1.165, 1.54) is 5.56 Å². The number of aromatic nitrogens is 2. The molecular formula is C19H24N2O2. The van der Waals surface area contributed by atoms with Crippen molar-refractivity contribution in [3.05, 3.63) is 48.5 Å². The third kappa shape index (κ3) is 4.44. The zero-order valence-corrected chi connectivity index (χ0v) is 13.8. The summed E-state index contributed by atoms with van der Waals surface area (Å²) in [5, 5.41) is 0. The normalized spacial score (nSPS) is 20.8. The number of hydrogen-bond donors (Lipinski definition) is 0. The summed E-state index contributed by atoms with van der Waals surface area (Å²) >= 11 is 0. The molecular weight excluding hydrogens is 288 g/mol. The average molecular weight is 312 g/mol. The van der Waals surface area contributed by atoms with Crippen molar-refractivity contribution < 1.29 is 9.47 Å². The lowest BCUT2D eigenvalue weighted by Gasteiger charge is -2.11. The number of pyridine rings is 2. The predicted molar refractivity (Wildman–Crippen MR) is 89.8 cm³/mol. The standard InChI is InChI=1S/C19H24N2O2/c1-3-14(2)12-22-18-7-15(9-21-11-18)19-8-16(19)13-23-17-5-4-6-20-10-17/h4-7,9-11,14,16,19H,3,8,12-13H2,1-2H3. The highest BCUT2D eigenvalue weighted by Gasteiger charge is 2.39. The Morgan fingerprint density at radius 3 is 2.83 bits per heavy atom. The van der Waals surface area contributed by atoms with Gasteiger partial charge >= 0.3 is 0 Å². The van der Waals surface area contributed by atoms with Crippen LogP contribution >= 0.6 is 0 Å². The first kappa shape index (κ1) is 15.8. The molecule has 0 N–H and O–H groups in total. The molecule has 2 aromatic heterocycles. The minimum Gasteiger partial charge on any atom is -0.492 e. The first-order valence-electron chi connectivity index (χ1n) is 8.36. The summed E-state index contributed by atoms with van der Waals surface area (Å²) < 4.78 is 11.6. The van der Waals surface area contributed by atoms with Gasteiger partial charge in [-0.15, -0.1) is 0 Å². The van der Waals surface area contributed by atoms with Gasteiger partial charge in [0.15, 0.2) is 0 Å². The molecule has 2 aromatic rings. The average Bonchev–Trinajstić information content (AvgIpc) is 3.39. The Morgan fingerprint density at radius 1 is 1.17 bits per heavy atom. The van der Waals surface area contributed by atoms with Crippen LogP contribution < -0.4 is 9.47 Å². The van der Waals surface area contributed by atoms with E-state index in [0.29, 0.717) is 17.8 Å². The fraction of sp³-hybridized carbons (Fsp3) is 0.474. The Hall–Kier alpha value is -2.10. The fourth-order valence-corrected chi connectivity index (χ4v) is 2.55. The van der Waals surface area contributed by atoms with Crippen molar-refractivity contribution in [2.24, 2.45) is 11.8 Å². The third-order valence-electron chi connectivity index (χ3n) is 4.41. The number of ether oxygens (including phenoxy) is 2. The van der Waals surface area contributed by atoms with Gasteiger partial charge in [0.2, 0.25) is 0 Å². The lowest BCUT2D eigenvalue weighted by Crippen LogP contribution is -2.07. The van der Waals surface area contributed by atoms with Crippen LogP contribution in [-0.4, -0.2) is 23.2 Å². The molecule has 0 spiro atoms. The lowest BCUT2D eigenvalue weighted by atomic mass is 10.1. The highest BCUT2D eigenvalue weighted by Crippen LogP contribution is 2.47. The van der Waals surface area contributed by atoms with Gasteiger partial charge in [-0.1, -0.05) is 20.3 Å². The van der Waals surface area contributed by atoms with Crippen LogP contribution in [0.2, 0.25) is 0 Å². The van der Waals surface area contributed by atoms with Crippen molar-refractivity contribution in [2.45, 2.75) is 32.6 Å². The molecule has 0 aromatic carbocycles. The van der Waals surface area contributed by atoms with Crippen molar-refractivity contribution in [3.63, 3.8) is 0 Å². The van der Waals surface area contributed by atoms with Gasteiger partial charge in [0.25, 0.3) is 0 Å². The van der Waals surface area contributed by atoms with Crippen LogP contribution in [0.1, 0.15) is 38.2 Å². The SMILES string of the molecule is CCC(C)COc1cncc(C2CC2COc2cccnc2)c1. The molecule has 0 aliphatic heterocycles. The Balaban J connectivity index is 1.50. The second-order valence-electron chi connectivity index (χ2n) is 6.38. The van der Waals surface area contributed by atoms with Crippen LogP contribution in [0.15, 0.2) is 43.0 Å². The third-order valence-corrected chi connectivity index (χ3v) is 4.41. The summed E-state index contributed by atoms with van der Waals surface area (Å²) in [7, 11) is 0. The molecule has 3 rings (SSSR count). The minimum absolute atomic E-state index is 0.534. The maximum atomic E-state index is 5.84. The van der Waals surface area contributed by atoms with Crippen molar-refractivity contribution >= 4 is 0 Å². The highest BCUT2D eigenvalue weighted by molar-refractivity contribution is 5.30. The molecule has 122 valence electrons. The maximum Gasteiger partial charge on any atom is 0.137 e. The van der Waals surface area contributed by atoms with E-state index in [2.05, 4.69) is 29.9 Å². The van der Waals surface area contributed by atoms with Crippen LogP contribution in [0, 0.1) is 11.8 Å². The van der Waals surface area contributed by atoms with E-state index in [-0.39, 0.29) is 0 Å². The van der Waals surface area contributed by atoms with E-state index in [1.807, 2.05) is 18.3 Å². The highest BCUT2D eigenvalue weighted by atomic mass is 16.5. The van der Waals surface area contributed by atoms with E-state index < -0.39 is 0 Å². The first-order valence-corrected chi connectivity index (χ1v) is 8.36. The molecule has 3 atom stereocenters. The van der Waals surface area contributed by atoms with Crippen LogP contribution in [0.5, 0.6) is 11.5 Å². The first-order chi connectivity index (χ1) is 11.3. The Morgan fingerprint density at radius 2 is 2.04 bits per heavy atom.